The van der Waals surface area contributed by atoms with Crippen molar-refractivity contribution in [3.8, 4) is 0 Å². The molecular weight excluding hydrogens is 202 g/mol. The topological polar surface area (TPSA) is 49.6 Å². The molecule has 0 aliphatic rings. The predicted molar refractivity (Wildman–Crippen MR) is 68.3 cm³/mol. The van der Waals surface area contributed by atoms with Crippen LogP contribution in [0.25, 0.3) is 0 Å². The van der Waals surface area contributed by atoms with Gasteiger partial charge in [-0.2, -0.15) is 0 Å². The summed E-state index contributed by atoms with van der Waals surface area (Å²) < 4.78 is 0. The molecule has 0 spiro atoms. The number of hydrogen-bond acceptors (Lipinski definition) is 3. The van der Waals surface area contributed by atoms with Crippen molar-refractivity contribution in [1.82, 2.24) is 9.80 Å². The standard InChI is InChI=1S/C12H27N3O/c1-6-12(2,10-13)11(16)15(5)9-7-8-14(3)4/h6-10,13H2,1-5H3. The van der Waals surface area contributed by atoms with Gasteiger partial charge >= 0.3 is 0 Å². The molecular formula is C12H27N3O. The van der Waals surface area contributed by atoms with E-state index in [1.807, 2.05) is 35.0 Å². The zero-order valence-electron chi connectivity index (χ0n) is 11.4. The molecule has 4 heteroatoms. The third-order valence-corrected chi connectivity index (χ3v) is 3.19. The summed E-state index contributed by atoms with van der Waals surface area (Å²) in [6, 6.07) is 0. The molecule has 0 aromatic heterocycles. The van der Waals surface area contributed by atoms with Gasteiger partial charge in [0.15, 0.2) is 0 Å². The Balaban J connectivity index is 4.17. The van der Waals surface area contributed by atoms with Gasteiger partial charge in [0.2, 0.25) is 5.91 Å². The van der Waals surface area contributed by atoms with E-state index in [2.05, 4.69) is 4.90 Å². The molecule has 0 rings (SSSR count). The summed E-state index contributed by atoms with van der Waals surface area (Å²) in [7, 11) is 5.94. The van der Waals surface area contributed by atoms with E-state index in [0.29, 0.717) is 6.54 Å². The summed E-state index contributed by atoms with van der Waals surface area (Å²) >= 11 is 0. The molecule has 0 heterocycles. The Labute approximate surface area is 99.8 Å². The maximum atomic E-state index is 12.1. The molecule has 0 saturated heterocycles. The second-order valence-electron chi connectivity index (χ2n) is 5.00. The van der Waals surface area contributed by atoms with E-state index in [9.17, 15) is 4.79 Å². The van der Waals surface area contributed by atoms with E-state index in [0.717, 1.165) is 25.9 Å². The van der Waals surface area contributed by atoms with Crippen LogP contribution >= 0.6 is 0 Å². The fraction of sp³-hybridized carbons (Fsp3) is 0.917. The average molecular weight is 229 g/mol. The highest BCUT2D eigenvalue weighted by molar-refractivity contribution is 5.82. The quantitative estimate of drug-likeness (QED) is 0.701. The maximum Gasteiger partial charge on any atom is 0.229 e. The van der Waals surface area contributed by atoms with Crippen LogP contribution in [-0.2, 0) is 4.79 Å². The van der Waals surface area contributed by atoms with Gasteiger partial charge in [-0.3, -0.25) is 4.79 Å². The molecule has 0 bridgehead atoms. The summed E-state index contributed by atoms with van der Waals surface area (Å²) in [6.07, 6.45) is 1.79. The minimum Gasteiger partial charge on any atom is -0.345 e. The molecule has 0 fully saturated rings. The SMILES string of the molecule is CCC(C)(CN)C(=O)N(C)CCCN(C)C. The van der Waals surface area contributed by atoms with Crippen LogP contribution in [0, 0.1) is 5.41 Å². The first-order chi connectivity index (χ1) is 7.37. The van der Waals surface area contributed by atoms with Crippen molar-refractivity contribution in [3.63, 3.8) is 0 Å². The Kier molecular flexibility index (Phi) is 6.60. The zero-order chi connectivity index (χ0) is 12.8. The summed E-state index contributed by atoms with van der Waals surface area (Å²) in [5.74, 6) is 0.163. The van der Waals surface area contributed by atoms with Gasteiger partial charge < -0.3 is 15.5 Å². The molecule has 1 unspecified atom stereocenters. The smallest absolute Gasteiger partial charge is 0.229 e. The molecule has 0 aliphatic heterocycles. The maximum absolute atomic E-state index is 12.1. The van der Waals surface area contributed by atoms with Gasteiger partial charge in [-0.15, -0.1) is 0 Å². The molecule has 1 amide bonds. The molecule has 0 aliphatic carbocycles. The minimum atomic E-state index is -0.396. The fourth-order valence-electron chi connectivity index (χ4n) is 1.57. The summed E-state index contributed by atoms with van der Waals surface area (Å²) in [6.45, 7) is 6.17. The number of hydrogen-bond donors (Lipinski definition) is 1. The number of rotatable bonds is 7. The van der Waals surface area contributed by atoms with Crippen molar-refractivity contribution >= 4 is 5.91 Å². The average Bonchev–Trinajstić information content (AvgIpc) is 2.26. The Morgan fingerprint density at radius 2 is 1.81 bits per heavy atom. The first-order valence-corrected chi connectivity index (χ1v) is 5.97. The highest BCUT2D eigenvalue weighted by Crippen LogP contribution is 2.21. The van der Waals surface area contributed by atoms with Gasteiger partial charge in [-0.05, 0) is 40.4 Å². The second kappa shape index (κ2) is 6.86. The molecule has 0 aromatic carbocycles. The van der Waals surface area contributed by atoms with Gasteiger partial charge in [0.05, 0.1) is 5.41 Å². The lowest BCUT2D eigenvalue weighted by molar-refractivity contribution is -0.139. The van der Waals surface area contributed by atoms with Gasteiger partial charge in [0.25, 0.3) is 0 Å². The number of amides is 1. The normalized spacial score (nSPS) is 14.9. The van der Waals surface area contributed by atoms with Crippen LogP contribution in [0.5, 0.6) is 0 Å². The van der Waals surface area contributed by atoms with Gasteiger partial charge in [0, 0.05) is 20.1 Å². The van der Waals surface area contributed by atoms with E-state index >= 15 is 0 Å². The molecule has 0 aromatic rings. The lowest BCUT2D eigenvalue weighted by Crippen LogP contribution is -2.45. The van der Waals surface area contributed by atoms with E-state index in [1.165, 1.54) is 0 Å². The highest BCUT2D eigenvalue weighted by atomic mass is 16.2. The molecule has 16 heavy (non-hydrogen) atoms. The van der Waals surface area contributed by atoms with E-state index < -0.39 is 5.41 Å². The largest absolute Gasteiger partial charge is 0.345 e. The van der Waals surface area contributed by atoms with Crippen LogP contribution in [0.3, 0.4) is 0 Å². The van der Waals surface area contributed by atoms with Crippen LogP contribution in [0.2, 0.25) is 0 Å². The predicted octanol–water partition coefficient (Wildman–Crippen LogP) is 0.772. The zero-order valence-corrected chi connectivity index (χ0v) is 11.4. The Morgan fingerprint density at radius 1 is 1.25 bits per heavy atom. The fourth-order valence-corrected chi connectivity index (χ4v) is 1.57. The Morgan fingerprint density at radius 3 is 2.19 bits per heavy atom. The van der Waals surface area contributed by atoms with Crippen LogP contribution in [0.4, 0.5) is 0 Å². The third kappa shape index (κ3) is 4.49. The van der Waals surface area contributed by atoms with Crippen molar-refractivity contribution in [1.29, 1.82) is 0 Å². The Hall–Kier alpha value is -0.610. The summed E-state index contributed by atoms with van der Waals surface area (Å²) in [5.41, 5.74) is 5.28. The molecule has 2 N–H and O–H groups in total. The van der Waals surface area contributed by atoms with Crippen molar-refractivity contribution < 1.29 is 4.79 Å². The molecule has 4 nitrogen and oxygen atoms in total. The van der Waals surface area contributed by atoms with E-state index in [-0.39, 0.29) is 5.91 Å². The monoisotopic (exact) mass is 229 g/mol. The van der Waals surface area contributed by atoms with Crippen LogP contribution < -0.4 is 5.73 Å². The lowest BCUT2D eigenvalue weighted by atomic mass is 9.86. The number of nitrogens with two attached hydrogens (primary N) is 1. The minimum absolute atomic E-state index is 0.163. The van der Waals surface area contributed by atoms with Gasteiger partial charge in [-0.25, -0.2) is 0 Å². The number of carbonyl (C=O) groups is 1. The molecule has 0 saturated carbocycles. The van der Waals surface area contributed by atoms with E-state index in [4.69, 9.17) is 5.73 Å². The summed E-state index contributed by atoms with van der Waals surface area (Å²) in [5, 5.41) is 0. The number of carbonyl (C=O) groups excluding carboxylic acids is 1. The highest BCUT2D eigenvalue weighted by Gasteiger charge is 2.31. The lowest BCUT2D eigenvalue weighted by Gasteiger charge is -2.30. The van der Waals surface area contributed by atoms with Gasteiger partial charge in [-0.1, -0.05) is 6.92 Å². The van der Waals surface area contributed by atoms with Crippen molar-refractivity contribution in [2.45, 2.75) is 26.7 Å². The molecule has 0 radical (unpaired) electrons. The molecule has 1 atom stereocenters. The van der Waals surface area contributed by atoms with Crippen molar-refractivity contribution in [2.75, 3.05) is 40.8 Å². The number of nitrogens with zero attached hydrogens (tertiary/aromatic N) is 2. The second-order valence-corrected chi connectivity index (χ2v) is 5.00. The summed E-state index contributed by atoms with van der Waals surface area (Å²) in [4.78, 5) is 16.1. The van der Waals surface area contributed by atoms with Crippen LogP contribution in [0.1, 0.15) is 26.7 Å². The van der Waals surface area contributed by atoms with Gasteiger partial charge in [0.1, 0.15) is 0 Å². The Bertz CT molecular complexity index is 212. The van der Waals surface area contributed by atoms with Crippen LogP contribution in [-0.4, -0.2) is 56.5 Å². The van der Waals surface area contributed by atoms with E-state index in [1.54, 1.807) is 4.90 Å². The first kappa shape index (κ1) is 15.4. The van der Waals surface area contributed by atoms with Crippen molar-refractivity contribution in [2.24, 2.45) is 11.1 Å². The first-order valence-electron chi connectivity index (χ1n) is 5.97. The third-order valence-electron chi connectivity index (χ3n) is 3.19. The molecule has 96 valence electrons. The van der Waals surface area contributed by atoms with Crippen molar-refractivity contribution in [3.05, 3.63) is 0 Å². The van der Waals surface area contributed by atoms with Crippen LogP contribution in [0.15, 0.2) is 0 Å².